The van der Waals surface area contributed by atoms with E-state index in [0.29, 0.717) is 12.8 Å². The average Bonchev–Trinajstić information content (AvgIpc) is 3.04. The van der Waals surface area contributed by atoms with Crippen LogP contribution in [0.1, 0.15) is 44.2 Å². The van der Waals surface area contributed by atoms with E-state index in [4.69, 9.17) is 4.74 Å². The second-order valence-electron chi connectivity index (χ2n) is 8.08. The summed E-state index contributed by atoms with van der Waals surface area (Å²) in [4.78, 5) is 24.4. The minimum Gasteiger partial charge on any atom is -0.394 e. The number of carbonyl (C=O) groups is 2. The maximum absolute atomic E-state index is 12.5. The molecule has 154 valence electrons. The van der Waals surface area contributed by atoms with Crippen LogP contribution in [0.25, 0.3) is 0 Å². The summed E-state index contributed by atoms with van der Waals surface area (Å²) in [6, 6.07) is 7.93. The third kappa shape index (κ3) is 5.45. The molecule has 4 N–H and O–H groups in total. The van der Waals surface area contributed by atoms with Crippen molar-refractivity contribution in [3.8, 4) is 0 Å². The average molecular weight is 389 g/mol. The molecule has 1 fully saturated rings. The lowest BCUT2D eigenvalue weighted by molar-refractivity contribution is -0.131. The van der Waals surface area contributed by atoms with Gasteiger partial charge in [-0.25, -0.2) is 4.79 Å². The van der Waals surface area contributed by atoms with Crippen molar-refractivity contribution in [2.45, 2.75) is 76.3 Å². The number of amides is 3. The van der Waals surface area contributed by atoms with Crippen LogP contribution in [0.2, 0.25) is 0 Å². The van der Waals surface area contributed by atoms with Crippen LogP contribution in [0.15, 0.2) is 24.3 Å². The maximum atomic E-state index is 12.5. The lowest BCUT2D eigenvalue weighted by Crippen LogP contribution is -2.54. The molecule has 0 unspecified atom stereocenters. The third-order valence-electron chi connectivity index (χ3n) is 5.36. The zero-order valence-corrected chi connectivity index (χ0v) is 16.6. The predicted octanol–water partition coefficient (Wildman–Crippen LogP) is 1.28. The van der Waals surface area contributed by atoms with E-state index in [0.717, 1.165) is 12.8 Å². The van der Waals surface area contributed by atoms with Gasteiger partial charge in [-0.1, -0.05) is 24.3 Å². The van der Waals surface area contributed by atoms with Gasteiger partial charge in [0.15, 0.2) is 0 Å². The van der Waals surface area contributed by atoms with Crippen LogP contribution in [0, 0.1) is 0 Å². The first-order chi connectivity index (χ1) is 13.4. The number of ether oxygens (including phenoxy) is 1. The third-order valence-corrected chi connectivity index (χ3v) is 5.36. The highest BCUT2D eigenvalue weighted by Crippen LogP contribution is 2.24. The summed E-state index contributed by atoms with van der Waals surface area (Å²) in [6.45, 7) is 3.58. The molecule has 0 bridgehead atoms. The van der Waals surface area contributed by atoms with Crippen molar-refractivity contribution in [2.24, 2.45) is 0 Å². The highest BCUT2D eigenvalue weighted by atomic mass is 16.5. The minimum atomic E-state index is -0.500. The summed E-state index contributed by atoms with van der Waals surface area (Å²) in [5.41, 5.74) is 2.60. The van der Waals surface area contributed by atoms with Gasteiger partial charge in [0.2, 0.25) is 5.91 Å². The van der Waals surface area contributed by atoms with Crippen LogP contribution >= 0.6 is 0 Å². The molecule has 1 aromatic carbocycles. The number of benzene rings is 1. The monoisotopic (exact) mass is 389 g/mol. The first-order valence-corrected chi connectivity index (χ1v) is 10.1. The van der Waals surface area contributed by atoms with Crippen LogP contribution in [0.3, 0.4) is 0 Å². The SMILES string of the molecule is CC(C)NC(=O)N[C@H]1CC[C@@H](CC(=O)NC2Cc3ccccc3C2)O[C@@H]1CO. The molecule has 0 aromatic heterocycles. The summed E-state index contributed by atoms with van der Waals surface area (Å²) in [5, 5.41) is 18.4. The Hall–Kier alpha value is -2.12. The van der Waals surface area contributed by atoms with Gasteiger partial charge in [-0.3, -0.25) is 4.79 Å². The Kier molecular flexibility index (Phi) is 6.91. The molecule has 3 amide bonds. The lowest BCUT2D eigenvalue weighted by atomic mass is 9.97. The van der Waals surface area contributed by atoms with Crippen LogP contribution in [-0.2, 0) is 22.4 Å². The van der Waals surface area contributed by atoms with E-state index in [1.54, 1.807) is 0 Å². The van der Waals surface area contributed by atoms with E-state index in [2.05, 4.69) is 28.1 Å². The van der Waals surface area contributed by atoms with Gasteiger partial charge in [-0.05, 0) is 50.7 Å². The number of carbonyl (C=O) groups excluding carboxylic acids is 2. The number of nitrogens with one attached hydrogen (secondary N) is 3. The Morgan fingerprint density at radius 3 is 2.43 bits per heavy atom. The largest absolute Gasteiger partial charge is 0.394 e. The number of aliphatic hydroxyl groups is 1. The second-order valence-corrected chi connectivity index (χ2v) is 8.08. The Labute approximate surface area is 166 Å². The molecule has 1 aliphatic heterocycles. The fraction of sp³-hybridized carbons (Fsp3) is 0.619. The van der Waals surface area contributed by atoms with Crippen molar-refractivity contribution >= 4 is 11.9 Å². The summed E-state index contributed by atoms with van der Waals surface area (Å²) in [5.74, 6) is -0.0246. The highest BCUT2D eigenvalue weighted by molar-refractivity contribution is 5.77. The van der Waals surface area contributed by atoms with Crippen molar-refractivity contribution in [2.75, 3.05) is 6.61 Å². The van der Waals surface area contributed by atoms with E-state index in [9.17, 15) is 14.7 Å². The smallest absolute Gasteiger partial charge is 0.315 e. The molecule has 0 saturated carbocycles. The van der Waals surface area contributed by atoms with Crippen LogP contribution in [0.5, 0.6) is 0 Å². The van der Waals surface area contributed by atoms with E-state index < -0.39 is 6.10 Å². The first-order valence-electron chi connectivity index (χ1n) is 10.1. The van der Waals surface area contributed by atoms with Crippen LogP contribution in [0.4, 0.5) is 4.79 Å². The van der Waals surface area contributed by atoms with Crippen molar-refractivity contribution in [1.82, 2.24) is 16.0 Å². The zero-order valence-electron chi connectivity index (χ0n) is 16.6. The van der Waals surface area contributed by atoms with Gasteiger partial charge in [0.25, 0.3) is 0 Å². The van der Waals surface area contributed by atoms with Crippen molar-refractivity contribution < 1.29 is 19.4 Å². The molecular formula is C21H31N3O4. The Balaban J connectivity index is 1.44. The molecule has 3 atom stereocenters. The number of urea groups is 1. The van der Waals surface area contributed by atoms with E-state index >= 15 is 0 Å². The summed E-state index contributed by atoms with van der Waals surface area (Å²) in [7, 11) is 0. The molecule has 7 nitrogen and oxygen atoms in total. The predicted molar refractivity (Wildman–Crippen MR) is 106 cm³/mol. The van der Waals surface area contributed by atoms with Gasteiger partial charge in [0.05, 0.1) is 25.2 Å². The molecule has 28 heavy (non-hydrogen) atoms. The van der Waals surface area contributed by atoms with Gasteiger partial charge in [0, 0.05) is 12.1 Å². The summed E-state index contributed by atoms with van der Waals surface area (Å²) < 4.78 is 5.90. The van der Waals surface area contributed by atoms with E-state index in [1.807, 2.05) is 26.0 Å². The van der Waals surface area contributed by atoms with Crippen molar-refractivity contribution in [3.05, 3.63) is 35.4 Å². The van der Waals surface area contributed by atoms with Gasteiger partial charge < -0.3 is 25.8 Å². The van der Waals surface area contributed by atoms with Gasteiger partial charge in [0.1, 0.15) is 6.10 Å². The van der Waals surface area contributed by atoms with E-state index in [1.165, 1.54) is 11.1 Å². The van der Waals surface area contributed by atoms with E-state index in [-0.39, 0.29) is 49.2 Å². The number of rotatable bonds is 6. The molecule has 2 aliphatic rings. The molecule has 1 saturated heterocycles. The molecule has 1 heterocycles. The molecule has 7 heteroatoms. The molecular weight excluding hydrogens is 358 g/mol. The Bertz CT molecular complexity index is 669. The number of hydrogen-bond donors (Lipinski definition) is 4. The van der Waals surface area contributed by atoms with Gasteiger partial charge in [-0.2, -0.15) is 0 Å². The van der Waals surface area contributed by atoms with Gasteiger partial charge in [-0.15, -0.1) is 0 Å². The second kappa shape index (κ2) is 9.39. The number of fused-ring (bicyclic) bond motifs is 1. The molecule has 1 aromatic rings. The zero-order chi connectivity index (χ0) is 20.1. The topological polar surface area (TPSA) is 99.7 Å². The molecule has 1 aliphatic carbocycles. The lowest BCUT2D eigenvalue weighted by Gasteiger charge is -2.36. The Morgan fingerprint density at radius 2 is 1.82 bits per heavy atom. The quantitative estimate of drug-likeness (QED) is 0.589. The molecule has 0 spiro atoms. The van der Waals surface area contributed by atoms with Crippen molar-refractivity contribution in [1.29, 1.82) is 0 Å². The minimum absolute atomic E-state index is 0.0246. The fourth-order valence-corrected chi connectivity index (χ4v) is 4.07. The number of aliphatic hydroxyl groups excluding tert-OH is 1. The molecule has 3 rings (SSSR count). The Morgan fingerprint density at radius 1 is 1.14 bits per heavy atom. The number of hydrogen-bond acceptors (Lipinski definition) is 4. The van der Waals surface area contributed by atoms with Gasteiger partial charge >= 0.3 is 6.03 Å². The van der Waals surface area contributed by atoms with Crippen LogP contribution in [-0.4, -0.2) is 54.0 Å². The maximum Gasteiger partial charge on any atom is 0.315 e. The highest BCUT2D eigenvalue weighted by Gasteiger charge is 2.33. The summed E-state index contributed by atoms with van der Waals surface area (Å²) in [6.07, 6.45) is 2.60. The van der Waals surface area contributed by atoms with Crippen LogP contribution < -0.4 is 16.0 Å². The molecule has 0 radical (unpaired) electrons. The standard InChI is InChI=1S/C21H31N3O4/c1-13(2)22-21(27)24-18-8-7-17(28-19(18)12-25)11-20(26)23-16-9-14-5-3-4-6-15(14)10-16/h3-6,13,16-19,25H,7-12H2,1-2H3,(H,23,26)(H2,22,24,27)/t17-,18-,19+/m0/s1. The fourth-order valence-electron chi connectivity index (χ4n) is 4.07. The summed E-state index contributed by atoms with van der Waals surface area (Å²) >= 11 is 0. The normalized spacial score (nSPS) is 24.6. The first kappa shape index (κ1) is 20.6. The van der Waals surface area contributed by atoms with Crippen molar-refractivity contribution in [3.63, 3.8) is 0 Å².